The Balaban J connectivity index is 0.00000200. The van der Waals surface area contributed by atoms with Gasteiger partial charge in [0.15, 0.2) is 5.96 Å². The van der Waals surface area contributed by atoms with Crippen molar-refractivity contribution >= 4 is 29.9 Å². The summed E-state index contributed by atoms with van der Waals surface area (Å²) in [7, 11) is 2.16. The molecule has 0 aromatic heterocycles. The van der Waals surface area contributed by atoms with E-state index in [1.807, 2.05) is 0 Å². The average Bonchev–Trinajstić information content (AvgIpc) is 3.12. The van der Waals surface area contributed by atoms with Crippen LogP contribution in [0.4, 0.5) is 0 Å². The van der Waals surface area contributed by atoms with Crippen LogP contribution in [0.25, 0.3) is 0 Å². The third kappa shape index (κ3) is 5.76. The van der Waals surface area contributed by atoms with Crippen LogP contribution >= 0.6 is 24.0 Å². The molecule has 0 radical (unpaired) electrons. The van der Waals surface area contributed by atoms with E-state index < -0.39 is 0 Å². The molecule has 4 nitrogen and oxygen atoms in total. The van der Waals surface area contributed by atoms with Crippen LogP contribution in [0.5, 0.6) is 0 Å². The summed E-state index contributed by atoms with van der Waals surface area (Å²) in [5, 5.41) is 3.58. The van der Waals surface area contributed by atoms with Crippen molar-refractivity contribution in [1.29, 1.82) is 0 Å². The summed E-state index contributed by atoms with van der Waals surface area (Å²) in [6.45, 7) is 8.24. The Bertz CT molecular complexity index is 305. The van der Waals surface area contributed by atoms with Crippen molar-refractivity contribution < 1.29 is 4.74 Å². The number of nitrogens with one attached hydrogen (secondary N) is 1. The summed E-state index contributed by atoms with van der Waals surface area (Å²) in [6, 6.07) is 0.649. The highest BCUT2D eigenvalue weighted by atomic mass is 127. The van der Waals surface area contributed by atoms with Gasteiger partial charge in [0.25, 0.3) is 0 Å². The molecule has 2 fully saturated rings. The summed E-state index contributed by atoms with van der Waals surface area (Å²) in [6.07, 6.45) is 4.99. The predicted octanol–water partition coefficient (Wildman–Crippen LogP) is 2.73. The second-order valence-corrected chi connectivity index (χ2v) is 6.03. The van der Waals surface area contributed by atoms with Crippen LogP contribution in [-0.2, 0) is 4.74 Å². The van der Waals surface area contributed by atoms with E-state index in [-0.39, 0.29) is 24.0 Å². The Morgan fingerprint density at radius 2 is 2.00 bits per heavy atom. The molecule has 0 aromatic carbocycles. The van der Waals surface area contributed by atoms with E-state index >= 15 is 0 Å². The molecule has 2 atom stereocenters. The number of nitrogens with zero attached hydrogens (tertiary/aromatic N) is 2. The zero-order chi connectivity index (χ0) is 13.7. The summed E-state index contributed by atoms with van der Waals surface area (Å²) < 4.78 is 5.42. The van der Waals surface area contributed by atoms with Crippen molar-refractivity contribution in [3.63, 3.8) is 0 Å². The molecule has 1 aliphatic carbocycles. The highest BCUT2D eigenvalue weighted by molar-refractivity contribution is 14.0. The van der Waals surface area contributed by atoms with Gasteiger partial charge in [-0.05, 0) is 44.4 Å². The molecular weight excluding hydrogens is 365 g/mol. The largest absolute Gasteiger partial charge is 0.381 e. The number of aliphatic imine (C=N–C) groups is 1. The summed E-state index contributed by atoms with van der Waals surface area (Å²) in [5.41, 5.74) is 0. The van der Waals surface area contributed by atoms with Gasteiger partial charge in [0.2, 0.25) is 0 Å². The second-order valence-electron chi connectivity index (χ2n) is 6.03. The smallest absolute Gasteiger partial charge is 0.193 e. The van der Waals surface area contributed by atoms with Crippen molar-refractivity contribution in [2.45, 2.75) is 45.6 Å². The molecule has 2 rings (SSSR count). The number of hydrogen-bond donors (Lipinski definition) is 1. The summed E-state index contributed by atoms with van der Waals surface area (Å²) >= 11 is 0. The maximum atomic E-state index is 5.42. The first-order valence-electron chi connectivity index (χ1n) is 7.80. The first-order chi connectivity index (χ1) is 9.20. The lowest BCUT2D eigenvalue weighted by Gasteiger charge is -2.27. The van der Waals surface area contributed by atoms with E-state index in [1.165, 1.54) is 25.7 Å². The Kier molecular flexibility index (Phi) is 8.17. The number of guanidine groups is 1. The van der Waals surface area contributed by atoms with Crippen molar-refractivity contribution in [3.05, 3.63) is 0 Å². The maximum Gasteiger partial charge on any atom is 0.193 e. The van der Waals surface area contributed by atoms with Gasteiger partial charge in [0.1, 0.15) is 0 Å². The van der Waals surface area contributed by atoms with Crippen molar-refractivity contribution in [2.24, 2.45) is 16.8 Å². The number of ether oxygens (including phenoxy) is 1. The first kappa shape index (κ1) is 18.0. The topological polar surface area (TPSA) is 36.9 Å². The molecule has 0 spiro atoms. The lowest BCUT2D eigenvalue weighted by Crippen LogP contribution is -2.41. The third-order valence-electron chi connectivity index (χ3n) is 4.31. The molecule has 1 saturated carbocycles. The molecule has 1 saturated heterocycles. The molecule has 1 heterocycles. The van der Waals surface area contributed by atoms with Crippen LogP contribution in [0.3, 0.4) is 0 Å². The minimum atomic E-state index is 0. The van der Waals surface area contributed by atoms with Crippen molar-refractivity contribution in [3.8, 4) is 0 Å². The van der Waals surface area contributed by atoms with Gasteiger partial charge in [-0.3, -0.25) is 4.99 Å². The predicted molar refractivity (Wildman–Crippen MR) is 94.9 cm³/mol. The summed E-state index contributed by atoms with van der Waals surface area (Å²) in [4.78, 5) is 6.90. The fraction of sp³-hybridized carbons (Fsp3) is 0.933. The van der Waals surface area contributed by atoms with Crippen LogP contribution in [0.15, 0.2) is 4.99 Å². The normalized spacial score (nSPS) is 26.9. The fourth-order valence-electron chi connectivity index (χ4n) is 2.63. The Morgan fingerprint density at radius 1 is 1.35 bits per heavy atom. The fourth-order valence-corrected chi connectivity index (χ4v) is 2.63. The van der Waals surface area contributed by atoms with E-state index in [9.17, 15) is 0 Å². The van der Waals surface area contributed by atoms with E-state index in [2.05, 4.69) is 36.1 Å². The average molecular weight is 395 g/mol. The first-order valence-corrected chi connectivity index (χ1v) is 7.80. The van der Waals surface area contributed by atoms with E-state index in [0.29, 0.717) is 6.04 Å². The van der Waals surface area contributed by atoms with Gasteiger partial charge >= 0.3 is 0 Å². The van der Waals surface area contributed by atoms with E-state index in [1.54, 1.807) is 0 Å². The lowest BCUT2D eigenvalue weighted by molar-refractivity contribution is 0.0625. The Hall–Kier alpha value is -0.0400. The van der Waals surface area contributed by atoms with Crippen LogP contribution < -0.4 is 5.32 Å². The molecule has 2 aliphatic rings. The maximum absolute atomic E-state index is 5.42. The zero-order valence-corrected chi connectivity index (χ0v) is 15.4. The molecule has 1 aliphatic heterocycles. The van der Waals surface area contributed by atoms with Crippen LogP contribution in [0, 0.1) is 11.8 Å². The van der Waals surface area contributed by atoms with Crippen molar-refractivity contribution in [1.82, 2.24) is 10.2 Å². The van der Waals surface area contributed by atoms with E-state index in [0.717, 1.165) is 44.1 Å². The number of rotatable bonds is 5. The molecule has 0 amide bonds. The summed E-state index contributed by atoms with van der Waals surface area (Å²) in [5.74, 6) is 2.73. The minimum absolute atomic E-state index is 0. The Labute approximate surface area is 140 Å². The third-order valence-corrected chi connectivity index (χ3v) is 4.31. The standard InChI is InChI=1S/C15H29N3O.HI/c1-4-16-15(17-14-11-12(14)2)18(3)8-5-13-6-9-19-10-7-13;/h12-14H,4-11H2,1-3H3,(H,16,17);1H. The molecule has 2 unspecified atom stereocenters. The molecule has 118 valence electrons. The van der Waals surface area contributed by atoms with Crippen LogP contribution in [-0.4, -0.2) is 50.3 Å². The van der Waals surface area contributed by atoms with Crippen molar-refractivity contribution in [2.75, 3.05) is 33.4 Å². The van der Waals surface area contributed by atoms with Gasteiger partial charge in [0.05, 0.1) is 0 Å². The Morgan fingerprint density at radius 3 is 2.55 bits per heavy atom. The second kappa shape index (κ2) is 9.07. The van der Waals surface area contributed by atoms with Gasteiger partial charge in [-0.15, -0.1) is 24.0 Å². The number of halogens is 1. The highest BCUT2D eigenvalue weighted by Crippen LogP contribution is 2.29. The monoisotopic (exact) mass is 395 g/mol. The van der Waals surface area contributed by atoms with Gasteiger partial charge in [0, 0.05) is 39.4 Å². The quantitative estimate of drug-likeness (QED) is 0.442. The zero-order valence-electron chi connectivity index (χ0n) is 13.1. The SMILES string of the molecule is CCN=C(NC1CC1C)N(C)CCC1CCOCC1.I. The minimum Gasteiger partial charge on any atom is -0.381 e. The lowest BCUT2D eigenvalue weighted by atomic mass is 9.96. The van der Waals surface area contributed by atoms with Gasteiger partial charge in [-0.1, -0.05) is 6.92 Å². The highest BCUT2D eigenvalue weighted by Gasteiger charge is 2.33. The molecule has 0 bridgehead atoms. The van der Waals surface area contributed by atoms with Gasteiger partial charge in [-0.25, -0.2) is 0 Å². The molecule has 1 N–H and O–H groups in total. The molecule has 20 heavy (non-hydrogen) atoms. The molecular formula is C15H30IN3O. The van der Waals surface area contributed by atoms with E-state index in [4.69, 9.17) is 4.74 Å². The molecule has 5 heteroatoms. The van der Waals surface area contributed by atoms with Crippen LogP contribution in [0.1, 0.15) is 39.5 Å². The molecule has 0 aromatic rings. The number of hydrogen-bond acceptors (Lipinski definition) is 2. The van der Waals surface area contributed by atoms with Gasteiger partial charge in [-0.2, -0.15) is 0 Å². The van der Waals surface area contributed by atoms with Crippen LogP contribution in [0.2, 0.25) is 0 Å². The van der Waals surface area contributed by atoms with Gasteiger partial charge < -0.3 is 15.0 Å².